The summed E-state index contributed by atoms with van der Waals surface area (Å²) in [5, 5.41) is 3.24. The molecule has 0 bridgehead atoms. The molecule has 8 heteroatoms. The third-order valence-electron chi connectivity index (χ3n) is 6.10. The Balaban J connectivity index is 1.51. The third-order valence-corrected chi connectivity index (χ3v) is 10.1. The number of hydrogen-bond donors (Lipinski definition) is 0. The first-order valence-electron chi connectivity index (χ1n) is 10.6. The van der Waals surface area contributed by atoms with Gasteiger partial charge in [0.05, 0.1) is 20.9 Å². The number of thiazole rings is 1. The van der Waals surface area contributed by atoms with E-state index in [2.05, 4.69) is 43.2 Å². The van der Waals surface area contributed by atoms with E-state index in [1.807, 2.05) is 0 Å². The largest absolute Gasteiger partial charge is 0.348 e. The molecule has 0 N–H and O–H groups in total. The van der Waals surface area contributed by atoms with Crippen molar-refractivity contribution in [1.82, 2.24) is 4.98 Å². The van der Waals surface area contributed by atoms with Crippen LogP contribution in [0.1, 0.15) is 35.1 Å². The predicted octanol–water partition coefficient (Wildman–Crippen LogP) is 6.79. The number of aryl methyl sites for hydroxylation is 4. The van der Waals surface area contributed by atoms with Crippen LogP contribution in [-0.4, -0.2) is 31.7 Å². The molecule has 1 aliphatic heterocycles. The van der Waals surface area contributed by atoms with Gasteiger partial charge in [-0.25, -0.2) is 13.4 Å². The van der Waals surface area contributed by atoms with Gasteiger partial charge in [0.2, 0.25) is 0 Å². The van der Waals surface area contributed by atoms with Gasteiger partial charge in [0.25, 0.3) is 0 Å². The van der Waals surface area contributed by atoms with Crippen LogP contribution >= 0.6 is 34.5 Å². The molecule has 2 heterocycles. The van der Waals surface area contributed by atoms with E-state index < -0.39 is 15.1 Å². The molecule has 1 aromatic heterocycles. The minimum Gasteiger partial charge on any atom is -0.348 e. The van der Waals surface area contributed by atoms with Gasteiger partial charge in [0.1, 0.15) is 0 Å². The number of nitrogens with zero attached hydrogens (tertiary/aromatic N) is 2. The Kier molecular flexibility index (Phi) is 6.61. The summed E-state index contributed by atoms with van der Waals surface area (Å²) in [6, 6.07) is 7.47. The number of benzene rings is 2. The van der Waals surface area contributed by atoms with Crippen molar-refractivity contribution in [3.8, 4) is 11.3 Å². The molecule has 32 heavy (non-hydrogen) atoms. The molecule has 2 aromatic carbocycles. The average molecular weight is 510 g/mol. The smallest absolute Gasteiger partial charge is 0.185 e. The summed E-state index contributed by atoms with van der Waals surface area (Å²) in [6.45, 7) is 9.42. The van der Waals surface area contributed by atoms with Crippen molar-refractivity contribution >= 4 is 49.5 Å². The summed E-state index contributed by atoms with van der Waals surface area (Å²) in [6.07, 6.45) is 1.08. The number of hydrogen-bond acceptors (Lipinski definition) is 5. The Labute approximate surface area is 204 Å². The zero-order valence-corrected chi connectivity index (χ0v) is 21.7. The number of anilines is 1. The van der Waals surface area contributed by atoms with E-state index in [-0.39, 0.29) is 9.92 Å². The monoisotopic (exact) mass is 508 g/mol. The molecule has 170 valence electrons. The van der Waals surface area contributed by atoms with Gasteiger partial charge in [-0.1, -0.05) is 40.9 Å². The number of halogens is 2. The van der Waals surface area contributed by atoms with Gasteiger partial charge in [0, 0.05) is 29.1 Å². The summed E-state index contributed by atoms with van der Waals surface area (Å²) >= 11 is 13.9. The molecule has 1 fully saturated rings. The van der Waals surface area contributed by atoms with E-state index in [1.165, 1.54) is 28.3 Å². The maximum Gasteiger partial charge on any atom is 0.185 e. The molecule has 0 unspecified atom stereocenters. The van der Waals surface area contributed by atoms with Crippen LogP contribution in [0.2, 0.25) is 10.0 Å². The second-order valence-corrected chi connectivity index (χ2v) is 12.4. The number of rotatable bonds is 4. The standard InChI is InChI=1S/C24H26Cl2N2O2S2/c1-14-9-16(3)23(17(4)10-14)21-13-31-24(27-21)28-7-5-18(6-8-28)32(29,30)22-11-15(2)19(25)12-20(22)26/h9-13,18H,5-8H2,1-4H3. The Bertz CT molecular complexity index is 1250. The van der Waals surface area contributed by atoms with Crippen molar-refractivity contribution in [2.45, 2.75) is 50.7 Å². The molecule has 0 aliphatic carbocycles. The first-order chi connectivity index (χ1) is 15.1. The van der Waals surface area contributed by atoms with E-state index in [0.717, 1.165) is 10.8 Å². The molecule has 3 aromatic rings. The van der Waals surface area contributed by atoms with Crippen molar-refractivity contribution in [3.05, 3.63) is 61.9 Å². The fraction of sp³-hybridized carbons (Fsp3) is 0.375. The molecule has 0 radical (unpaired) electrons. The zero-order valence-electron chi connectivity index (χ0n) is 18.6. The maximum atomic E-state index is 13.2. The van der Waals surface area contributed by atoms with Crippen LogP contribution in [0, 0.1) is 27.7 Å². The lowest BCUT2D eigenvalue weighted by molar-refractivity contribution is 0.529. The second kappa shape index (κ2) is 8.98. The molecule has 0 atom stereocenters. The van der Waals surface area contributed by atoms with E-state index in [4.69, 9.17) is 28.2 Å². The van der Waals surface area contributed by atoms with Crippen LogP contribution in [0.4, 0.5) is 5.13 Å². The summed E-state index contributed by atoms with van der Waals surface area (Å²) in [7, 11) is -3.52. The first kappa shape index (κ1) is 23.6. The Morgan fingerprint density at radius 1 is 0.938 bits per heavy atom. The van der Waals surface area contributed by atoms with Crippen LogP contribution in [0.5, 0.6) is 0 Å². The molecule has 0 amide bonds. The van der Waals surface area contributed by atoms with Gasteiger partial charge in [-0.3, -0.25) is 0 Å². The Morgan fingerprint density at radius 2 is 1.56 bits per heavy atom. The highest BCUT2D eigenvalue weighted by Crippen LogP contribution is 2.36. The van der Waals surface area contributed by atoms with Crippen molar-refractivity contribution in [2.75, 3.05) is 18.0 Å². The molecule has 1 saturated heterocycles. The van der Waals surface area contributed by atoms with Gasteiger partial charge in [-0.2, -0.15) is 0 Å². The van der Waals surface area contributed by atoms with E-state index in [1.54, 1.807) is 24.3 Å². The highest BCUT2D eigenvalue weighted by molar-refractivity contribution is 7.92. The Morgan fingerprint density at radius 3 is 2.19 bits per heavy atom. The third kappa shape index (κ3) is 4.43. The second-order valence-electron chi connectivity index (χ2n) is 8.55. The van der Waals surface area contributed by atoms with Crippen LogP contribution in [0.15, 0.2) is 34.5 Å². The van der Waals surface area contributed by atoms with Gasteiger partial charge in [-0.05, 0) is 69.4 Å². The maximum absolute atomic E-state index is 13.2. The van der Waals surface area contributed by atoms with Crippen LogP contribution in [-0.2, 0) is 9.84 Å². The lowest BCUT2D eigenvalue weighted by atomic mass is 9.98. The topological polar surface area (TPSA) is 50.3 Å². The lowest BCUT2D eigenvalue weighted by Crippen LogP contribution is -2.39. The zero-order chi connectivity index (χ0) is 23.2. The molecule has 4 rings (SSSR count). The molecular weight excluding hydrogens is 483 g/mol. The van der Waals surface area contributed by atoms with Crippen LogP contribution in [0.25, 0.3) is 11.3 Å². The van der Waals surface area contributed by atoms with Gasteiger partial charge in [-0.15, -0.1) is 11.3 Å². The van der Waals surface area contributed by atoms with Crippen molar-refractivity contribution in [1.29, 1.82) is 0 Å². The van der Waals surface area contributed by atoms with Gasteiger partial charge >= 0.3 is 0 Å². The van der Waals surface area contributed by atoms with Gasteiger partial charge < -0.3 is 4.90 Å². The van der Waals surface area contributed by atoms with Crippen molar-refractivity contribution < 1.29 is 8.42 Å². The summed E-state index contributed by atoms with van der Waals surface area (Å²) in [5.74, 6) is 0. The predicted molar refractivity (Wildman–Crippen MR) is 135 cm³/mol. The van der Waals surface area contributed by atoms with E-state index >= 15 is 0 Å². The van der Waals surface area contributed by atoms with Crippen LogP contribution < -0.4 is 4.90 Å². The van der Waals surface area contributed by atoms with Crippen molar-refractivity contribution in [2.24, 2.45) is 0 Å². The fourth-order valence-corrected chi connectivity index (χ4v) is 7.93. The van der Waals surface area contributed by atoms with Gasteiger partial charge in [0.15, 0.2) is 15.0 Å². The molecular formula is C24H26Cl2N2O2S2. The number of aromatic nitrogens is 1. The van der Waals surface area contributed by atoms with E-state index in [9.17, 15) is 8.42 Å². The SMILES string of the molecule is Cc1cc(C)c(-c2csc(N3CCC(S(=O)(=O)c4cc(C)c(Cl)cc4Cl)CC3)n2)c(C)c1. The van der Waals surface area contributed by atoms with Crippen LogP contribution in [0.3, 0.4) is 0 Å². The quantitative estimate of drug-likeness (QED) is 0.389. The molecule has 0 spiro atoms. The number of piperidine rings is 1. The van der Waals surface area contributed by atoms with Crippen molar-refractivity contribution in [3.63, 3.8) is 0 Å². The lowest BCUT2D eigenvalue weighted by Gasteiger charge is -2.31. The molecule has 0 saturated carbocycles. The normalized spacial score (nSPS) is 15.4. The Hall–Kier alpha value is -1.60. The van der Waals surface area contributed by atoms with E-state index in [0.29, 0.717) is 36.5 Å². The molecule has 4 nitrogen and oxygen atoms in total. The highest BCUT2D eigenvalue weighted by Gasteiger charge is 2.33. The summed E-state index contributed by atoms with van der Waals surface area (Å²) in [5.41, 5.74) is 6.57. The summed E-state index contributed by atoms with van der Waals surface area (Å²) in [4.78, 5) is 7.27. The minimum absolute atomic E-state index is 0.182. The average Bonchev–Trinajstić information content (AvgIpc) is 3.19. The highest BCUT2D eigenvalue weighted by atomic mass is 35.5. The minimum atomic E-state index is -3.52. The first-order valence-corrected chi connectivity index (χ1v) is 13.7. The summed E-state index contributed by atoms with van der Waals surface area (Å²) < 4.78 is 26.5. The molecule has 1 aliphatic rings. The number of sulfone groups is 1. The fourth-order valence-electron chi connectivity index (χ4n) is 4.49.